The van der Waals surface area contributed by atoms with E-state index in [-0.39, 0.29) is 38.0 Å². The van der Waals surface area contributed by atoms with Crippen LogP contribution in [0.2, 0.25) is 0 Å². The van der Waals surface area contributed by atoms with Crippen molar-refractivity contribution < 1.29 is 37.8 Å². The highest BCUT2D eigenvalue weighted by atomic mass is 16.6. The van der Waals surface area contributed by atoms with Gasteiger partial charge in [0, 0.05) is 22.3 Å². The molecule has 1 aromatic heterocycles. The zero-order valence-corrected chi connectivity index (χ0v) is 25.9. The topological polar surface area (TPSA) is 160 Å². The lowest BCUT2D eigenvalue weighted by molar-refractivity contribution is -0.141. The van der Waals surface area contributed by atoms with Crippen molar-refractivity contribution in [2.75, 3.05) is 23.4 Å². The van der Waals surface area contributed by atoms with Crippen LogP contribution in [0.5, 0.6) is 0 Å². The number of fused-ring (bicyclic) bond motifs is 1. The first-order chi connectivity index (χ1) is 23.3. The smallest absolute Gasteiger partial charge is 0.415 e. The number of anilines is 2. The van der Waals surface area contributed by atoms with Gasteiger partial charge in [-0.25, -0.2) is 9.59 Å². The van der Waals surface area contributed by atoms with Gasteiger partial charge in [0.1, 0.15) is 31.2 Å². The summed E-state index contributed by atoms with van der Waals surface area (Å²) in [6, 6.07) is 30.9. The van der Waals surface area contributed by atoms with Crippen molar-refractivity contribution in [3.05, 3.63) is 132 Å². The van der Waals surface area contributed by atoms with Gasteiger partial charge in [-0.2, -0.15) is 0 Å². The molecule has 0 fully saturated rings. The molecule has 5 rings (SSSR count). The molecule has 0 radical (unpaired) electrons. The summed E-state index contributed by atoms with van der Waals surface area (Å²) in [7, 11) is 0. The van der Waals surface area contributed by atoms with Gasteiger partial charge in [-0.05, 0) is 66.6 Å². The van der Waals surface area contributed by atoms with Gasteiger partial charge >= 0.3 is 18.2 Å². The molecule has 48 heavy (non-hydrogen) atoms. The highest BCUT2D eigenvalue weighted by Crippen LogP contribution is 2.24. The fraction of sp³-hybridized carbons (Fsp3) is 0.139. The summed E-state index contributed by atoms with van der Waals surface area (Å²) < 4.78 is 21.4. The van der Waals surface area contributed by atoms with Gasteiger partial charge in [0.2, 0.25) is 0 Å². The maximum absolute atomic E-state index is 13.0. The van der Waals surface area contributed by atoms with Crippen LogP contribution in [0.4, 0.5) is 21.0 Å². The number of hydrogen-bond acceptors (Lipinski definition) is 9. The van der Waals surface area contributed by atoms with E-state index in [1.807, 2.05) is 60.7 Å². The number of esters is 1. The first-order valence-electron chi connectivity index (χ1n) is 14.9. The van der Waals surface area contributed by atoms with Crippen LogP contribution in [0, 0.1) is 5.41 Å². The number of nitrogens with one attached hydrogen (secondary N) is 3. The zero-order valence-electron chi connectivity index (χ0n) is 25.9. The van der Waals surface area contributed by atoms with Crippen LogP contribution in [0.3, 0.4) is 0 Å². The van der Waals surface area contributed by atoms with E-state index in [0.29, 0.717) is 27.9 Å². The number of ether oxygens (including phenoxy) is 3. The highest BCUT2D eigenvalue weighted by molar-refractivity contribution is 6.08. The Bertz CT molecular complexity index is 1910. The molecule has 0 saturated carbocycles. The van der Waals surface area contributed by atoms with Gasteiger partial charge in [0.15, 0.2) is 5.76 Å². The average Bonchev–Trinajstić information content (AvgIpc) is 3.54. The number of benzene rings is 4. The first kappa shape index (κ1) is 32.9. The Morgan fingerprint density at radius 2 is 1.42 bits per heavy atom. The van der Waals surface area contributed by atoms with Gasteiger partial charge in [0.05, 0.1) is 6.61 Å². The summed E-state index contributed by atoms with van der Waals surface area (Å²) >= 11 is 0. The lowest BCUT2D eigenvalue weighted by atomic mass is 10.1. The summed E-state index contributed by atoms with van der Waals surface area (Å²) in [4.78, 5) is 51.6. The van der Waals surface area contributed by atoms with Crippen molar-refractivity contribution in [2.45, 2.75) is 20.1 Å². The van der Waals surface area contributed by atoms with Crippen LogP contribution in [0.1, 0.15) is 34.2 Å². The Morgan fingerprint density at radius 3 is 2.06 bits per heavy atom. The molecule has 12 heteroatoms. The van der Waals surface area contributed by atoms with Crippen molar-refractivity contribution in [1.29, 1.82) is 5.41 Å². The van der Waals surface area contributed by atoms with E-state index in [0.717, 1.165) is 16.0 Å². The number of rotatable bonds is 11. The molecule has 0 spiro atoms. The SMILES string of the molecule is CCOC(=O)CN(C(=O)OCc1ccccc1)c1ccc(NC(=O)c2cc3cc(C(=N)NC(=O)OCc4ccccc4)ccc3o2)cc1. The summed E-state index contributed by atoms with van der Waals surface area (Å²) in [5, 5.41) is 14.0. The number of nitrogens with zero attached hydrogens (tertiary/aromatic N) is 1. The van der Waals surface area contributed by atoms with Gasteiger partial charge in [-0.3, -0.25) is 25.2 Å². The maximum atomic E-state index is 13.0. The van der Waals surface area contributed by atoms with Crippen LogP contribution in [0.25, 0.3) is 11.0 Å². The largest absolute Gasteiger partial charge is 0.465 e. The molecule has 3 amide bonds. The van der Waals surface area contributed by atoms with E-state index in [1.54, 1.807) is 49.4 Å². The fourth-order valence-corrected chi connectivity index (χ4v) is 4.56. The third-order valence-corrected chi connectivity index (χ3v) is 6.92. The normalized spacial score (nSPS) is 10.5. The van der Waals surface area contributed by atoms with Crippen LogP contribution >= 0.6 is 0 Å². The van der Waals surface area contributed by atoms with E-state index in [2.05, 4.69) is 10.6 Å². The second-order valence-corrected chi connectivity index (χ2v) is 10.4. The molecule has 4 aromatic carbocycles. The van der Waals surface area contributed by atoms with Gasteiger partial charge in [-0.15, -0.1) is 0 Å². The quantitative estimate of drug-likeness (QED) is 0.0622. The fourth-order valence-electron chi connectivity index (χ4n) is 4.56. The second-order valence-electron chi connectivity index (χ2n) is 10.4. The standard InChI is InChI=1S/C36H32N4O8/c1-2-45-32(41)21-40(36(44)47-23-25-11-7-4-8-12-25)29-16-14-28(15-17-29)38-34(42)31-20-27-19-26(13-18-30(27)48-31)33(37)39-35(43)46-22-24-9-5-3-6-10-24/h3-20H,2,21-23H2,1H3,(H,38,42)(H2,37,39,43). The molecular formula is C36H32N4O8. The monoisotopic (exact) mass is 648 g/mol. The maximum Gasteiger partial charge on any atom is 0.415 e. The first-order valence-corrected chi connectivity index (χ1v) is 14.9. The van der Waals surface area contributed by atoms with Crippen molar-refractivity contribution in [1.82, 2.24) is 5.32 Å². The van der Waals surface area contributed by atoms with E-state index >= 15 is 0 Å². The van der Waals surface area contributed by atoms with Crippen LogP contribution in [0.15, 0.2) is 114 Å². The van der Waals surface area contributed by atoms with Crippen molar-refractivity contribution in [3.63, 3.8) is 0 Å². The molecule has 244 valence electrons. The molecule has 3 N–H and O–H groups in total. The Hall–Kier alpha value is -6.43. The molecule has 0 aliphatic rings. The zero-order chi connectivity index (χ0) is 33.9. The van der Waals surface area contributed by atoms with Gasteiger partial charge in [0.25, 0.3) is 5.91 Å². The van der Waals surface area contributed by atoms with Crippen molar-refractivity contribution in [2.24, 2.45) is 0 Å². The number of amides is 3. The number of carbonyl (C=O) groups excluding carboxylic acids is 4. The summed E-state index contributed by atoms with van der Waals surface area (Å²) in [5.41, 5.74) is 3.15. The Morgan fingerprint density at radius 1 is 0.771 bits per heavy atom. The van der Waals surface area contributed by atoms with E-state index in [1.165, 1.54) is 6.07 Å². The minimum atomic E-state index is -0.768. The van der Waals surface area contributed by atoms with Gasteiger partial charge in [-0.1, -0.05) is 60.7 Å². The lowest BCUT2D eigenvalue weighted by Gasteiger charge is -2.21. The molecule has 0 bridgehead atoms. The van der Waals surface area contributed by atoms with E-state index in [4.69, 9.17) is 24.0 Å². The van der Waals surface area contributed by atoms with Gasteiger partial charge < -0.3 is 23.9 Å². The van der Waals surface area contributed by atoms with Crippen LogP contribution in [-0.4, -0.2) is 43.1 Å². The predicted molar refractivity (Wildman–Crippen MR) is 178 cm³/mol. The molecule has 0 atom stereocenters. The number of alkyl carbamates (subject to hydrolysis) is 1. The Balaban J connectivity index is 1.21. The second kappa shape index (κ2) is 15.7. The molecule has 0 aliphatic heterocycles. The number of hydrogen-bond donors (Lipinski definition) is 3. The summed E-state index contributed by atoms with van der Waals surface area (Å²) in [6.45, 7) is 1.54. The third kappa shape index (κ3) is 8.85. The van der Waals surface area contributed by atoms with Crippen molar-refractivity contribution in [3.8, 4) is 0 Å². The molecule has 0 saturated heterocycles. The number of amidine groups is 1. The lowest BCUT2D eigenvalue weighted by Crippen LogP contribution is -2.37. The van der Waals surface area contributed by atoms with E-state index in [9.17, 15) is 19.2 Å². The summed E-state index contributed by atoms with van der Waals surface area (Å²) in [6.07, 6.45) is -1.51. The molecule has 0 unspecified atom stereocenters. The molecule has 1 heterocycles. The molecule has 0 aliphatic carbocycles. The minimum Gasteiger partial charge on any atom is -0.465 e. The molecule has 12 nitrogen and oxygen atoms in total. The highest BCUT2D eigenvalue weighted by Gasteiger charge is 2.22. The number of furan rings is 1. The molecular weight excluding hydrogens is 616 g/mol. The van der Waals surface area contributed by atoms with Crippen LogP contribution in [-0.2, 0) is 32.2 Å². The average molecular weight is 649 g/mol. The Labute approximate surface area is 275 Å². The molecule has 5 aromatic rings. The Kier molecular flexibility index (Phi) is 10.8. The van der Waals surface area contributed by atoms with E-state index < -0.39 is 24.1 Å². The van der Waals surface area contributed by atoms with Crippen molar-refractivity contribution >= 4 is 52.2 Å². The summed E-state index contributed by atoms with van der Waals surface area (Å²) in [5.74, 6) is -1.30. The van der Waals surface area contributed by atoms with Crippen LogP contribution < -0.4 is 15.5 Å². The third-order valence-electron chi connectivity index (χ3n) is 6.92. The minimum absolute atomic E-state index is 0.0152. The predicted octanol–water partition coefficient (Wildman–Crippen LogP) is 6.64. The number of carbonyl (C=O) groups is 4.